The minimum Gasteiger partial charge on any atom is -0.493 e. The molecule has 0 aliphatic carbocycles. The Morgan fingerprint density at radius 1 is 1.21 bits per heavy atom. The van der Waals surface area contributed by atoms with Crippen molar-refractivity contribution in [1.29, 1.82) is 0 Å². The molecule has 1 saturated heterocycles. The summed E-state index contributed by atoms with van der Waals surface area (Å²) in [6, 6.07) is 5.41. The number of carboxylic acids is 1. The van der Waals surface area contributed by atoms with Crippen molar-refractivity contribution in [1.82, 2.24) is 0 Å². The maximum absolute atomic E-state index is 11.3. The summed E-state index contributed by atoms with van der Waals surface area (Å²) in [5, 5.41) is 39.1. The lowest BCUT2D eigenvalue weighted by Crippen LogP contribution is -2.61. The fourth-order valence-corrected chi connectivity index (χ4v) is 2.24. The number of primary amides is 1. The zero-order chi connectivity index (χ0) is 26.1. The van der Waals surface area contributed by atoms with Gasteiger partial charge in [-0.2, -0.15) is 0 Å². The molecule has 6 N–H and O–H groups in total. The van der Waals surface area contributed by atoms with Gasteiger partial charge in [-0.25, -0.2) is 9.59 Å². The van der Waals surface area contributed by atoms with Gasteiger partial charge in [0.25, 0.3) is 0 Å². The van der Waals surface area contributed by atoms with Gasteiger partial charge in [0.05, 0.1) is 14.0 Å². The number of nitrogens with two attached hydrogens (primary N) is 1. The van der Waals surface area contributed by atoms with Crippen molar-refractivity contribution in [3.63, 3.8) is 0 Å². The molecule has 1 heterocycles. The zero-order valence-electron chi connectivity index (χ0n) is 19.9. The van der Waals surface area contributed by atoms with Crippen LogP contribution in [-0.4, -0.2) is 89.5 Å². The van der Waals surface area contributed by atoms with Crippen molar-refractivity contribution in [3.8, 4) is 11.5 Å². The standard InChI is InChI=1S/C17H23NO11/c1-25-9-4-2-3-5-10(9)26-6-8(7-27-17(18)24)28-16-13(21)11(19)12(20)14(29-16)15(22)23/h2-5,8,11-14,16,19-21H,6-7H2,1H3,(H2,18,24)(H,22,23)/t8?,11-,12-,13+,14-,16+/m0/s1/i6D2,7D2,8D. The zero-order valence-corrected chi connectivity index (χ0v) is 14.9. The lowest BCUT2D eigenvalue weighted by atomic mass is 9.99. The summed E-state index contributed by atoms with van der Waals surface area (Å²) in [6.07, 6.45) is -16.9. The first-order valence-corrected chi connectivity index (χ1v) is 7.98. The molecular weight excluding hydrogens is 394 g/mol. The molecule has 6 atom stereocenters. The number of hydrogen-bond donors (Lipinski definition) is 5. The van der Waals surface area contributed by atoms with E-state index in [4.69, 9.17) is 36.6 Å². The summed E-state index contributed by atoms with van der Waals surface area (Å²) in [5.41, 5.74) is 4.82. The van der Waals surface area contributed by atoms with Crippen LogP contribution in [0, 0.1) is 0 Å². The lowest BCUT2D eigenvalue weighted by Gasteiger charge is -2.39. The Balaban J connectivity index is 2.54. The molecule has 12 nitrogen and oxygen atoms in total. The highest BCUT2D eigenvalue weighted by Gasteiger charge is 2.48. The highest BCUT2D eigenvalue weighted by atomic mass is 16.7. The molecule has 162 valence electrons. The van der Waals surface area contributed by atoms with E-state index in [9.17, 15) is 24.9 Å². The Morgan fingerprint density at radius 2 is 1.86 bits per heavy atom. The van der Waals surface area contributed by atoms with Gasteiger partial charge in [-0.1, -0.05) is 12.1 Å². The monoisotopic (exact) mass is 422 g/mol. The quantitative estimate of drug-likeness (QED) is 0.310. The second-order valence-electron chi connectivity index (χ2n) is 5.56. The number of para-hydroxylation sites is 2. The molecule has 0 spiro atoms. The van der Waals surface area contributed by atoms with Crippen molar-refractivity contribution < 1.29 is 60.6 Å². The Kier molecular flexibility index (Phi) is 5.71. The number of carbonyl (C=O) groups excluding carboxylic acids is 1. The van der Waals surface area contributed by atoms with Gasteiger partial charge < -0.3 is 49.8 Å². The first-order valence-electron chi connectivity index (χ1n) is 10.5. The molecule has 1 aliphatic heterocycles. The molecule has 1 unspecified atom stereocenters. The van der Waals surface area contributed by atoms with Crippen LogP contribution in [0.15, 0.2) is 24.3 Å². The SMILES string of the molecule is [2H]C([2H])(OC(N)=O)C([2H])(O[C@@H]1O[C@H](C(=O)O)[C@@H](O)[C@H](O)[C@H]1O)C([2H])([2H])Oc1ccccc1OC. The minimum atomic E-state index is -3.80. The largest absolute Gasteiger partial charge is 0.493 e. The maximum Gasteiger partial charge on any atom is 0.404 e. The van der Waals surface area contributed by atoms with Gasteiger partial charge in [-0.15, -0.1) is 0 Å². The number of methoxy groups -OCH3 is 1. The van der Waals surface area contributed by atoms with Gasteiger partial charge in [0.2, 0.25) is 0 Å². The van der Waals surface area contributed by atoms with E-state index in [1.165, 1.54) is 31.4 Å². The third-order valence-corrected chi connectivity index (χ3v) is 3.61. The van der Waals surface area contributed by atoms with Gasteiger partial charge in [-0.3, -0.25) is 0 Å². The summed E-state index contributed by atoms with van der Waals surface area (Å²) in [5.74, 6) is -2.23. The summed E-state index contributed by atoms with van der Waals surface area (Å²) in [4.78, 5) is 22.6. The minimum absolute atomic E-state index is 0.0523. The Bertz CT molecular complexity index is 906. The molecular formula is C17H23NO11. The number of amides is 1. The van der Waals surface area contributed by atoms with Crippen molar-refractivity contribution in [2.24, 2.45) is 5.73 Å². The summed E-state index contributed by atoms with van der Waals surface area (Å²) in [6.45, 7) is -7.38. The maximum atomic E-state index is 11.3. The van der Waals surface area contributed by atoms with Crippen LogP contribution in [0.4, 0.5) is 4.79 Å². The van der Waals surface area contributed by atoms with E-state index in [0.717, 1.165) is 0 Å². The predicted molar refractivity (Wildman–Crippen MR) is 93.2 cm³/mol. The second kappa shape index (κ2) is 10.2. The molecule has 29 heavy (non-hydrogen) atoms. The number of ether oxygens (including phenoxy) is 5. The highest BCUT2D eigenvalue weighted by molar-refractivity contribution is 5.73. The van der Waals surface area contributed by atoms with Crippen LogP contribution in [0.1, 0.15) is 6.85 Å². The number of hydrogen-bond acceptors (Lipinski definition) is 10. The third kappa shape index (κ3) is 5.92. The fraction of sp³-hybridized carbons (Fsp3) is 0.529. The van der Waals surface area contributed by atoms with Crippen LogP contribution in [0.25, 0.3) is 0 Å². The highest BCUT2D eigenvalue weighted by Crippen LogP contribution is 2.27. The molecule has 1 fully saturated rings. The number of carboxylic acid groups (broad SMARTS) is 1. The van der Waals surface area contributed by atoms with E-state index in [-0.39, 0.29) is 11.5 Å². The fourth-order valence-electron chi connectivity index (χ4n) is 2.24. The molecule has 2 rings (SSSR count). The van der Waals surface area contributed by atoms with E-state index >= 15 is 0 Å². The number of aliphatic hydroxyl groups is 3. The van der Waals surface area contributed by atoms with E-state index in [1.54, 1.807) is 0 Å². The smallest absolute Gasteiger partial charge is 0.404 e. The van der Waals surface area contributed by atoms with Gasteiger partial charge >= 0.3 is 12.1 Å². The number of rotatable bonds is 9. The van der Waals surface area contributed by atoms with Crippen LogP contribution < -0.4 is 15.2 Å². The average Bonchev–Trinajstić information content (AvgIpc) is 2.72. The summed E-state index contributed by atoms with van der Waals surface area (Å²) in [7, 11) is 1.21. The number of carbonyl (C=O) groups is 2. The van der Waals surface area contributed by atoms with Crippen molar-refractivity contribution in [3.05, 3.63) is 24.3 Å². The van der Waals surface area contributed by atoms with Gasteiger partial charge in [-0.05, 0) is 12.1 Å². The molecule has 1 amide bonds. The van der Waals surface area contributed by atoms with E-state index in [2.05, 4.69) is 4.74 Å². The Hall–Kier alpha value is -2.64. The lowest BCUT2D eigenvalue weighted by molar-refractivity contribution is -0.307. The van der Waals surface area contributed by atoms with Gasteiger partial charge in [0.1, 0.15) is 37.5 Å². The molecule has 0 radical (unpaired) electrons. The first-order chi connectivity index (χ1) is 15.6. The van der Waals surface area contributed by atoms with Crippen molar-refractivity contribution in [2.75, 3.05) is 20.2 Å². The second-order valence-corrected chi connectivity index (χ2v) is 5.56. The van der Waals surface area contributed by atoms with E-state index < -0.39 is 62.0 Å². The van der Waals surface area contributed by atoms with Crippen LogP contribution in [0.3, 0.4) is 0 Å². The van der Waals surface area contributed by atoms with Crippen molar-refractivity contribution in [2.45, 2.75) is 36.8 Å². The number of benzene rings is 1. The molecule has 0 aromatic heterocycles. The summed E-state index contributed by atoms with van der Waals surface area (Å²) < 4.78 is 65.0. The molecule has 0 saturated carbocycles. The van der Waals surface area contributed by atoms with Gasteiger partial charge in [0, 0.05) is 0 Å². The van der Waals surface area contributed by atoms with Gasteiger partial charge in [0.15, 0.2) is 23.9 Å². The molecule has 1 aromatic carbocycles. The Morgan fingerprint density at radius 3 is 2.45 bits per heavy atom. The normalized spacial score (nSPS) is 32.3. The van der Waals surface area contributed by atoms with Crippen molar-refractivity contribution >= 4 is 12.1 Å². The molecule has 0 bridgehead atoms. The topological polar surface area (TPSA) is 187 Å². The predicted octanol–water partition coefficient (Wildman–Crippen LogP) is -1.55. The van der Waals surface area contributed by atoms with Crippen LogP contribution in [0.5, 0.6) is 11.5 Å². The first kappa shape index (κ1) is 16.2. The van der Waals surface area contributed by atoms with E-state index in [0.29, 0.717) is 0 Å². The Labute approximate surface area is 172 Å². The van der Waals surface area contributed by atoms with Crippen LogP contribution >= 0.6 is 0 Å². The number of aliphatic hydroxyl groups excluding tert-OH is 3. The van der Waals surface area contributed by atoms with E-state index in [1.807, 2.05) is 0 Å². The van der Waals surface area contributed by atoms with Crippen LogP contribution in [0.2, 0.25) is 0 Å². The summed E-state index contributed by atoms with van der Waals surface area (Å²) >= 11 is 0. The molecule has 12 heteroatoms. The third-order valence-electron chi connectivity index (χ3n) is 3.61. The molecule has 1 aliphatic rings. The molecule has 1 aromatic rings. The number of aliphatic carboxylic acids is 1. The average molecular weight is 422 g/mol. The van der Waals surface area contributed by atoms with Crippen LogP contribution in [-0.2, 0) is 19.0 Å².